The van der Waals surface area contributed by atoms with Crippen molar-refractivity contribution in [2.45, 2.75) is 25.7 Å². The fourth-order valence-corrected chi connectivity index (χ4v) is 2.84. The van der Waals surface area contributed by atoms with E-state index in [2.05, 4.69) is 5.32 Å². The molecular weight excluding hydrogens is 266 g/mol. The lowest BCUT2D eigenvalue weighted by molar-refractivity contribution is 0.0697. The van der Waals surface area contributed by atoms with E-state index in [-0.39, 0.29) is 17.6 Å². The van der Waals surface area contributed by atoms with E-state index in [0.29, 0.717) is 17.3 Å². The molecule has 0 aliphatic heterocycles. The number of hydrogen-bond acceptors (Lipinski definition) is 3. The third-order valence-corrected chi connectivity index (χ3v) is 4.18. The highest BCUT2D eigenvalue weighted by Crippen LogP contribution is 2.38. The summed E-state index contributed by atoms with van der Waals surface area (Å²) in [6.07, 6.45) is 4.32. The van der Waals surface area contributed by atoms with Crippen molar-refractivity contribution in [3.63, 3.8) is 0 Å². The van der Waals surface area contributed by atoms with E-state index in [9.17, 15) is 9.90 Å². The summed E-state index contributed by atoms with van der Waals surface area (Å²) in [5.74, 6) is -0.990. The van der Waals surface area contributed by atoms with Crippen LogP contribution in [-0.4, -0.2) is 29.3 Å². The van der Waals surface area contributed by atoms with Crippen LogP contribution in [0.3, 0.4) is 0 Å². The van der Waals surface area contributed by atoms with E-state index in [1.54, 1.807) is 6.07 Å². The van der Waals surface area contributed by atoms with Gasteiger partial charge in [-0.15, -0.1) is 0 Å². The number of nitrogens with one attached hydrogen (secondary N) is 1. The molecule has 0 bridgehead atoms. The van der Waals surface area contributed by atoms with Gasteiger partial charge in [0.25, 0.3) is 0 Å². The summed E-state index contributed by atoms with van der Waals surface area (Å²) >= 11 is 6.06. The SMILES string of the molecule is O=C(O)c1ccc(NCC2(CO)CCCC2)c(Cl)c1. The Morgan fingerprint density at radius 1 is 1.37 bits per heavy atom. The highest BCUT2D eigenvalue weighted by Gasteiger charge is 2.33. The third kappa shape index (κ3) is 3.19. The highest BCUT2D eigenvalue weighted by atomic mass is 35.5. The molecule has 0 heterocycles. The van der Waals surface area contributed by atoms with Gasteiger partial charge in [0, 0.05) is 12.0 Å². The van der Waals surface area contributed by atoms with Crippen molar-refractivity contribution in [2.24, 2.45) is 5.41 Å². The Kier molecular flexibility index (Phi) is 4.32. The maximum Gasteiger partial charge on any atom is 0.335 e. The van der Waals surface area contributed by atoms with Gasteiger partial charge >= 0.3 is 5.97 Å². The Hall–Kier alpha value is -1.26. The third-order valence-electron chi connectivity index (χ3n) is 3.87. The first-order valence-corrected chi connectivity index (χ1v) is 6.82. The van der Waals surface area contributed by atoms with Crippen molar-refractivity contribution in [1.29, 1.82) is 0 Å². The Morgan fingerprint density at radius 3 is 2.58 bits per heavy atom. The second-order valence-corrected chi connectivity index (χ2v) is 5.63. The zero-order valence-electron chi connectivity index (χ0n) is 10.7. The van der Waals surface area contributed by atoms with Crippen LogP contribution in [0.15, 0.2) is 18.2 Å². The highest BCUT2D eigenvalue weighted by molar-refractivity contribution is 6.33. The lowest BCUT2D eigenvalue weighted by Gasteiger charge is -2.27. The number of carboxylic acid groups (broad SMARTS) is 1. The predicted molar refractivity (Wildman–Crippen MR) is 74.9 cm³/mol. The molecule has 1 aliphatic rings. The lowest BCUT2D eigenvalue weighted by Crippen LogP contribution is -2.30. The van der Waals surface area contributed by atoms with Crippen LogP contribution in [0.25, 0.3) is 0 Å². The number of aliphatic hydroxyl groups excluding tert-OH is 1. The van der Waals surface area contributed by atoms with Crippen molar-refractivity contribution in [3.05, 3.63) is 28.8 Å². The van der Waals surface area contributed by atoms with E-state index in [0.717, 1.165) is 25.7 Å². The number of aromatic carboxylic acids is 1. The van der Waals surface area contributed by atoms with Crippen LogP contribution in [0.5, 0.6) is 0 Å². The van der Waals surface area contributed by atoms with Crippen LogP contribution in [-0.2, 0) is 0 Å². The number of benzene rings is 1. The quantitative estimate of drug-likeness (QED) is 0.777. The Balaban J connectivity index is 2.05. The molecule has 0 amide bonds. The van der Waals surface area contributed by atoms with Gasteiger partial charge in [-0.1, -0.05) is 24.4 Å². The normalized spacial score (nSPS) is 17.4. The average molecular weight is 284 g/mol. The van der Waals surface area contributed by atoms with E-state index >= 15 is 0 Å². The minimum absolute atomic E-state index is 0.0607. The van der Waals surface area contributed by atoms with Crippen molar-refractivity contribution in [2.75, 3.05) is 18.5 Å². The summed E-state index contributed by atoms with van der Waals surface area (Å²) in [4.78, 5) is 10.8. The lowest BCUT2D eigenvalue weighted by atomic mass is 9.87. The molecule has 1 aromatic rings. The number of rotatable bonds is 5. The van der Waals surface area contributed by atoms with Gasteiger partial charge < -0.3 is 15.5 Å². The molecule has 4 nitrogen and oxygen atoms in total. The molecule has 1 saturated carbocycles. The fourth-order valence-electron chi connectivity index (χ4n) is 2.59. The second-order valence-electron chi connectivity index (χ2n) is 5.22. The summed E-state index contributed by atoms with van der Waals surface area (Å²) < 4.78 is 0. The van der Waals surface area contributed by atoms with Gasteiger partial charge in [-0.05, 0) is 31.0 Å². The van der Waals surface area contributed by atoms with Gasteiger partial charge in [0.15, 0.2) is 0 Å². The number of carboxylic acids is 1. The first-order chi connectivity index (χ1) is 9.06. The maximum atomic E-state index is 10.8. The molecule has 1 aliphatic carbocycles. The van der Waals surface area contributed by atoms with Crippen molar-refractivity contribution in [1.82, 2.24) is 0 Å². The molecule has 0 aromatic heterocycles. The zero-order valence-corrected chi connectivity index (χ0v) is 11.4. The van der Waals surface area contributed by atoms with Gasteiger partial charge in [-0.2, -0.15) is 0 Å². The van der Waals surface area contributed by atoms with Crippen LogP contribution in [0.1, 0.15) is 36.0 Å². The van der Waals surface area contributed by atoms with Crippen LogP contribution < -0.4 is 5.32 Å². The summed E-state index contributed by atoms with van der Waals surface area (Å²) in [5.41, 5.74) is 0.828. The molecule has 5 heteroatoms. The van der Waals surface area contributed by atoms with Crippen molar-refractivity contribution < 1.29 is 15.0 Å². The molecule has 3 N–H and O–H groups in total. The number of halogens is 1. The molecule has 19 heavy (non-hydrogen) atoms. The Morgan fingerprint density at radius 2 is 2.05 bits per heavy atom. The number of anilines is 1. The van der Waals surface area contributed by atoms with Crippen LogP contribution in [0, 0.1) is 5.41 Å². The van der Waals surface area contributed by atoms with Crippen LogP contribution in [0.4, 0.5) is 5.69 Å². The average Bonchev–Trinajstić information content (AvgIpc) is 2.86. The molecule has 1 fully saturated rings. The first-order valence-electron chi connectivity index (χ1n) is 6.44. The predicted octanol–water partition coefficient (Wildman–Crippen LogP) is 3.00. The van der Waals surface area contributed by atoms with Crippen molar-refractivity contribution in [3.8, 4) is 0 Å². The monoisotopic (exact) mass is 283 g/mol. The fraction of sp³-hybridized carbons (Fsp3) is 0.500. The van der Waals surface area contributed by atoms with E-state index in [1.165, 1.54) is 12.1 Å². The van der Waals surface area contributed by atoms with Gasteiger partial charge in [0.2, 0.25) is 0 Å². The van der Waals surface area contributed by atoms with Gasteiger partial charge in [-0.3, -0.25) is 0 Å². The number of hydrogen-bond donors (Lipinski definition) is 3. The molecule has 104 valence electrons. The van der Waals surface area contributed by atoms with Gasteiger partial charge in [0.05, 0.1) is 22.9 Å². The molecular formula is C14H18ClNO3. The number of aliphatic hydroxyl groups is 1. The van der Waals surface area contributed by atoms with Gasteiger partial charge in [0.1, 0.15) is 0 Å². The van der Waals surface area contributed by atoms with E-state index in [1.807, 2.05) is 0 Å². The molecule has 0 radical (unpaired) electrons. The smallest absolute Gasteiger partial charge is 0.335 e. The molecule has 0 atom stereocenters. The molecule has 2 rings (SSSR count). The minimum Gasteiger partial charge on any atom is -0.478 e. The second kappa shape index (κ2) is 5.80. The van der Waals surface area contributed by atoms with Gasteiger partial charge in [-0.25, -0.2) is 4.79 Å². The van der Waals surface area contributed by atoms with E-state index in [4.69, 9.17) is 16.7 Å². The first kappa shape index (κ1) is 14.2. The Labute approximate surface area is 117 Å². The molecule has 1 aromatic carbocycles. The molecule has 0 spiro atoms. The van der Waals surface area contributed by atoms with Crippen LogP contribution >= 0.6 is 11.6 Å². The van der Waals surface area contributed by atoms with Crippen LogP contribution in [0.2, 0.25) is 5.02 Å². The zero-order chi connectivity index (χ0) is 13.9. The number of carbonyl (C=O) groups is 1. The van der Waals surface area contributed by atoms with E-state index < -0.39 is 5.97 Å². The summed E-state index contributed by atoms with van der Waals surface area (Å²) in [6, 6.07) is 4.63. The standard InChI is InChI=1S/C14H18ClNO3/c15-11-7-10(13(18)19)3-4-12(11)16-8-14(9-17)5-1-2-6-14/h3-4,7,16-17H,1-2,5-6,8-9H2,(H,18,19). The summed E-state index contributed by atoms with van der Waals surface area (Å²) in [5, 5.41) is 22.0. The Bertz CT molecular complexity index is 470. The topological polar surface area (TPSA) is 69.6 Å². The maximum absolute atomic E-state index is 10.8. The largest absolute Gasteiger partial charge is 0.478 e. The molecule has 0 saturated heterocycles. The summed E-state index contributed by atoms with van der Waals surface area (Å²) in [6.45, 7) is 0.834. The molecule has 0 unspecified atom stereocenters. The van der Waals surface area contributed by atoms with Crippen molar-refractivity contribution >= 4 is 23.3 Å². The minimum atomic E-state index is -0.990. The summed E-state index contributed by atoms with van der Waals surface area (Å²) in [7, 11) is 0.